The number of thioether (sulfide) groups is 1. The van der Waals surface area contributed by atoms with E-state index in [9.17, 15) is 4.79 Å². The minimum Gasteiger partial charge on any atom is -0.449 e. The Labute approximate surface area is 171 Å². The van der Waals surface area contributed by atoms with Gasteiger partial charge in [-0.15, -0.1) is 11.8 Å². The molecule has 1 aromatic carbocycles. The van der Waals surface area contributed by atoms with Crippen LogP contribution in [0.4, 0.5) is 4.79 Å². The summed E-state index contributed by atoms with van der Waals surface area (Å²) in [6.07, 6.45) is 4.15. The van der Waals surface area contributed by atoms with Gasteiger partial charge in [-0.25, -0.2) is 4.79 Å². The minimum absolute atomic E-state index is 0.182. The van der Waals surface area contributed by atoms with Gasteiger partial charge in [0.1, 0.15) is 0 Å². The van der Waals surface area contributed by atoms with Crippen LogP contribution in [0.1, 0.15) is 37.3 Å². The molecule has 2 heterocycles. The largest absolute Gasteiger partial charge is 0.449 e. The summed E-state index contributed by atoms with van der Waals surface area (Å²) in [5.74, 6) is 0.874. The summed E-state index contributed by atoms with van der Waals surface area (Å²) in [5.41, 5.74) is 4.21. The second-order valence-corrected chi connectivity index (χ2v) is 8.89. The molecule has 4 rings (SSSR count). The van der Waals surface area contributed by atoms with E-state index in [1.165, 1.54) is 27.1 Å². The predicted molar refractivity (Wildman–Crippen MR) is 115 cm³/mol. The Morgan fingerprint density at radius 3 is 2.86 bits per heavy atom. The van der Waals surface area contributed by atoms with E-state index in [2.05, 4.69) is 41.4 Å². The number of H-pyrrole nitrogens is 1. The Bertz CT molecular complexity index is 861. The van der Waals surface area contributed by atoms with E-state index >= 15 is 0 Å². The van der Waals surface area contributed by atoms with Crippen molar-refractivity contribution in [2.24, 2.45) is 5.92 Å². The molecule has 3 atom stereocenters. The fourth-order valence-corrected chi connectivity index (χ4v) is 5.81. The van der Waals surface area contributed by atoms with Gasteiger partial charge in [-0.2, -0.15) is 0 Å². The normalized spacial score (nSPS) is 24.2. The molecular weight excluding hydrogens is 370 g/mol. The number of carbonyl (C=O) groups excluding carboxylic acids is 1. The van der Waals surface area contributed by atoms with Crippen molar-refractivity contribution in [3.8, 4) is 0 Å². The molecule has 1 aromatic heterocycles. The molecule has 1 aliphatic heterocycles. The molecule has 1 amide bonds. The van der Waals surface area contributed by atoms with Gasteiger partial charge in [0.05, 0.1) is 11.6 Å². The number of nitrogens with one attached hydrogen (secondary N) is 1. The Balaban J connectivity index is 1.56. The van der Waals surface area contributed by atoms with Crippen molar-refractivity contribution in [1.82, 2.24) is 14.8 Å². The molecule has 2 aromatic rings. The summed E-state index contributed by atoms with van der Waals surface area (Å²) in [6, 6.07) is 7.19. The Kier molecular flexibility index (Phi) is 5.61. The summed E-state index contributed by atoms with van der Waals surface area (Å²) in [7, 11) is 2.23. The number of piperidine rings is 1. The number of hydrogen-bond donors (Lipinski definition) is 1. The Hall–Kier alpha value is -1.66. The number of benzene rings is 1. The highest BCUT2D eigenvalue weighted by molar-refractivity contribution is 7.98. The van der Waals surface area contributed by atoms with Gasteiger partial charge >= 0.3 is 6.09 Å². The summed E-state index contributed by atoms with van der Waals surface area (Å²) in [5, 5.41) is 2.74. The van der Waals surface area contributed by atoms with Crippen molar-refractivity contribution < 1.29 is 9.53 Å². The van der Waals surface area contributed by atoms with Gasteiger partial charge < -0.3 is 19.5 Å². The van der Waals surface area contributed by atoms with Crippen LogP contribution in [0.2, 0.25) is 0 Å². The lowest BCUT2D eigenvalue weighted by atomic mass is 9.72. The van der Waals surface area contributed by atoms with Crippen LogP contribution in [0.3, 0.4) is 0 Å². The standard InChI is InChI=1S/C22H31N3O2S/c1-5-25(6-2)22(26)27-13-14-10-16-15-8-7-9-18-20(15)17(21(23-18)28-4)11-19(16)24(3)12-14/h7-9,14,16,19,23H,5-6,10-13H2,1-4H3/t14-,16?,19-/m1/s1. The number of ether oxygens (including phenoxy) is 1. The van der Waals surface area contributed by atoms with Gasteiger partial charge in [0, 0.05) is 48.4 Å². The predicted octanol–water partition coefficient (Wildman–Crippen LogP) is 4.33. The maximum Gasteiger partial charge on any atom is 0.409 e. The number of amides is 1. The first kappa shape index (κ1) is 19.6. The second kappa shape index (κ2) is 7.99. The highest BCUT2D eigenvalue weighted by Gasteiger charge is 2.40. The highest BCUT2D eigenvalue weighted by Crippen LogP contribution is 2.46. The maximum atomic E-state index is 12.2. The lowest BCUT2D eigenvalue weighted by Gasteiger charge is -2.45. The van der Waals surface area contributed by atoms with Gasteiger partial charge in [-0.05, 0) is 57.2 Å². The molecule has 0 saturated carbocycles. The SMILES string of the molecule is CCN(CC)C(=O)OC[C@@H]1CC2c3cccc4[nH]c(SC)c(c34)C[C@H]2N(C)C1. The lowest BCUT2D eigenvalue weighted by molar-refractivity contribution is 0.0482. The molecule has 1 aliphatic carbocycles. The molecule has 0 radical (unpaired) electrons. The summed E-state index contributed by atoms with van der Waals surface area (Å²) in [6.45, 7) is 6.86. The molecule has 1 saturated heterocycles. The molecular formula is C22H31N3O2S. The first-order valence-electron chi connectivity index (χ1n) is 10.4. The number of aromatic amines is 1. The molecule has 5 nitrogen and oxygen atoms in total. The molecule has 0 bridgehead atoms. The second-order valence-electron chi connectivity index (χ2n) is 8.08. The van der Waals surface area contributed by atoms with Crippen LogP contribution in [-0.4, -0.2) is 66.5 Å². The maximum absolute atomic E-state index is 12.2. The van der Waals surface area contributed by atoms with Gasteiger partial charge in [-0.1, -0.05) is 12.1 Å². The average Bonchev–Trinajstić information content (AvgIpc) is 3.07. The number of aromatic nitrogens is 1. The van der Waals surface area contributed by atoms with Gasteiger partial charge in [0.2, 0.25) is 0 Å². The van der Waals surface area contributed by atoms with Crippen molar-refractivity contribution in [3.05, 3.63) is 29.3 Å². The van der Waals surface area contributed by atoms with Gasteiger partial charge in [-0.3, -0.25) is 0 Å². The van der Waals surface area contributed by atoms with Gasteiger partial charge in [0.15, 0.2) is 0 Å². The fourth-order valence-electron chi connectivity index (χ4n) is 5.17. The van der Waals surface area contributed by atoms with Crippen LogP contribution in [0.25, 0.3) is 10.9 Å². The third-order valence-corrected chi connectivity index (χ3v) is 7.32. The number of fused-ring (bicyclic) bond motifs is 2. The topological polar surface area (TPSA) is 48.6 Å². The number of likely N-dealkylation sites (tertiary alicyclic amines) is 1. The Morgan fingerprint density at radius 1 is 1.36 bits per heavy atom. The van der Waals surface area contributed by atoms with Crippen molar-refractivity contribution in [2.45, 2.75) is 43.7 Å². The van der Waals surface area contributed by atoms with Crippen LogP contribution < -0.4 is 0 Å². The number of hydrogen-bond acceptors (Lipinski definition) is 4. The summed E-state index contributed by atoms with van der Waals surface area (Å²) < 4.78 is 5.67. The molecule has 152 valence electrons. The number of carbonyl (C=O) groups is 1. The highest BCUT2D eigenvalue weighted by atomic mass is 32.2. The van der Waals surface area contributed by atoms with E-state index in [4.69, 9.17) is 4.74 Å². The number of likely N-dealkylation sites (N-methyl/N-ethyl adjacent to an activating group) is 1. The monoisotopic (exact) mass is 401 g/mol. The van der Waals surface area contributed by atoms with E-state index < -0.39 is 0 Å². The van der Waals surface area contributed by atoms with Gasteiger partial charge in [0.25, 0.3) is 0 Å². The van der Waals surface area contributed by atoms with E-state index in [1.807, 2.05) is 25.6 Å². The van der Waals surface area contributed by atoms with Crippen molar-refractivity contribution >= 4 is 28.8 Å². The third-order valence-electron chi connectivity index (χ3n) is 6.57. The van der Waals surface area contributed by atoms with Crippen LogP contribution in [0.5, 0.6) is 0 Å². The van der Waals surface area contributed by atoms with Crippen molar-refractivity contribution in [1.29, 1.82) is 0 Å². The lowest BCUT2D eigenvalue weighted by Crippen LogP contribution is -2.49. The molecule has 1 N–H and O–H groups in total. The smallest absolute Gasteiger partial charge is 0.409 e. The molecule has 0 spiro atoms. The van der Waals surface area contributed by atoms with Crippen molar-refractivity contribution in [2.75, 3.05) is 39.5 Å². The zero-order valence-electron chi connectivity index (χ0n) is 17.3. The van der Waals surface area contributed by atoms with E-state index in [-0.39, 0.29) is 6.09 Å². The molecule has 1 unspecified atom stereocenters. The first-order valence-corrected chi connectivity index (χ1v) is 11.6. The van der Waals surface area contributed by atoms with E-state index in [1.54, 1.807) is 4.90 Å². The summed E-state index contributed by atoms with van der Waals surface area (Å²) in [4.78, 5) is 20.1. The van der Waals surface area contributed by atoms with Crippen LogP contribution in [0.15, 0.2) is 23.2 Å². The number of rotatable bonds is 5. The molecule has 1 fully saturated rings. The zero-order valence-corrected chi connectivity index (χ0v) is 18.1. The zero-order chi connectivity index (χ0) is 19.8. The van der Waals surface area contributed by atoms with E-state index in [0.717, 1.165) is 19.4 Å². The quantitative estimate of drug-likeness (QED) is 0.758. The molecule has 2 aliphatic rings. The molecule has 28 heavy (non-hydrogen) atoms. The number of nitrogens with zero attached hydrogens (tertiary/aromatic N) is 2. The fraction of sp³-hybridized carbons (Fsp3) is 0.591. The van der Waals surface area contributed by atoms with Crippen LogP contribution in [-0.2, 0) is 11.2 Å². The Morgan fingerprint density at radius 2 is 2.14 bits per heavy atom. The van der Waals surface area contributed by atoms with Crippen molar-refractivity contribution in [3.63, 3.8) is 0 Å². The van der Waals surface area contributed by atoms with Crippen LogP contribution >= 0.6 is 11.8 Å². The van der Waals surface area contributed by atoms with E-state index in [0.29, 0.717) is 37.6 Å². The third kappa shape index (κ3) is 3.30. The molecule has 6 heteroatoms. The minimum atomic E-state index is -0.182. The first-order chi connectivity index (χ1) is 13.6. The van der Waals surface area contributed by atoms with Crippen LogP contribution in [0, 0.1) is 5.92 Å². The summed E-state index contributed by atoms with van der Waals surface area (Å²) >= 11 is 1.81. The average molecular weight is 402 g/mol.